The molecule has 6 heteroatoms. The maximum atomic E-state index is 13.2. The van der Waals surface area contributed by atoms with Crippen molar-refractivity contribution in [3.05, 3.63) is 69.9 Å². The Balaban J connectivity index is 1.85. The Labute approximate surface area is 139 Å². The molecule has 24 heavy (non-hydrogen) atoms. The van der Waals surface area contributed by atoms with Gasteiger partial charge in [0.05, 0.1) is 12.1 Å². The molecule has 3 rings (SSSR count). The molecule has 126 valence electrons. The molecule has 2 heterocycles. The van der Waals surface area contributed by atoms with E-state index < -0.39 is 0 Å². The van der Waals surface area contributed by atoms with E-state index in [0.29, 0.717) is 12.2 Å². The first-order valence-electron chi connectivity index (χ1n) is 7.89. The SMILES string of the molecule is Cn1ccc(C(=O)N[C@@H](c2ccc(F)cc2)[C@H]2CCCO2)cc1=O. The van der Waals surface area contributed by atoms with Crippen molar-refractivity contribution in [3.8, 4) is 0 Å². The van der Waals surface area contributed by atoms with Crippen molar-refractivity contribution in [2.75, 3.05) is 6.61 Å². The minimum atomic E-state index is -0.385. The number of nitrogens with one attached hydrogen (secondary N) is 1. The highest BCUT2D eigenvalue weighted by Crippen LogP contribution is 2.27. The van der Waals surface area contributed by atoms with E-state index in [1.807, 2.05) is 0 Å². The molecular weight excluding hydrogens is 311 g/mol. The summed E-state index contributed by atoms with van der Waals surface area (Å²) in [5.74, 6) is -0.680. The Morgan fingerprint density at radius 3 is 2.71 bits per heavy atom. The predicted molar refractivity (Wildman–Crippen MR) is 87.3 cm³/mol. The van der Waals surface area contributed by atoms with E-state index in [1.54, 1.807) is 31.4 Å². The van der Waals surface area contributed by atoms with Gasteiger partial charge in [0.15, 0.2) is 0 Å². The van der Waals surface area contributed by atoms with Crippen molar-refractivity contribution in [1.82, 2.24) is 9.88 Å². The fourth-order valence-corrected chi connectivity index (χ4v) is 2.84. The molecule has 1 N–H and O–H groups in total. The van der Waals surface area contributed by atoms with Gasteiger partial charge in [-0.1, -0.05) is 12.1 Å². The second-order valence-corrected chi connectivity index (χ2v) is 5.92. The molecule has 0 bridgehead atoms. The summed E-state index contributed by atoms with van der Waals surface area (Å²) in [4.78, 5) is 24.2. The Kier molecular flexibility index (Phi) is 4.76. The molecular formula is C18H19FN2O3. The van der Waals surface area contributed by atoms with Crippen LogP contribution in [0.2, 0.25) is 0 Å². The van der Waals surface area contributed by atoms with Crippen LogP contribution in [-0.4, -0.2) is 23.2 Å². The van der Waals surface area contributed by atoms with Gasteiger partial charge in [-0.3, -0.25) is 9.59 Å². The highest BCUT2D eigenvalue weighted by Gasteiger charge is 2.29. The van der Waals surface area contributed by atoms with Crippen molar-refractivity contribution in [1.29, 1.82) is 0 Å². The van der Waals surface area contributed by atoms with Crippen molar-refractivity contribution in [2.45, 2.75) is 25.0 Å². The summed E-state index contributed by atoms with van der Waals surface area (Å²) >= 11 is 0. The molecule has 1 saturated heterocycles. The molecule has 0 aliphatic carbocycles. The van der Waals surface area contributed by atoms with E-state index in [0.717, 1.165) is 18.4 Å². The summed E-state index contributed by atoms with van der Waals surface area (Å²) in [7, 11) is 1.62. The van der Waals surface area contributed by atoms with Crippen LogP contribution < -0.4 is 10.9 Å². The standard InChI is InChI=1S/C18H19FN2O3/c1-21-9-8-13(11-16(21)22)18(23)20-17(15-3-2-10-24-15)12-4-6-14(19)7-5-12/h4-9,11,15,17H,2-3,10H2,1H3,(H,20,23)/t15-,17+/m1/s1. The average Bonchev–Trinajstić information content (AvgIpc) is 3.10. The Hall–Kier alpha value is -2.47. The van der Waals surface area contributed by atoms with Gasteiger partial charge in [-0.2, -0.15) is 0 Å². The lowest BCUT2D eigenvalue weighted by molar-refractivity contribution is 0.0672. The van der Waals surface area contributed by atoms with E-state index in [9.17, 15) is 14.0 Å². The summed E-state index contributed by atoms with van der Waals surface area (Å²) in [5.41, 5.74) is 0.821. The van der Waals surface area contributed by atoms with Gasteiger partial charge in [0.1, 0.15) is 5.82 Å². The third kappa shape index (κ3) is 3.54. The number of hydrogen-bond donors (Lipinski definition) is 1. The van der Waals surface area contributed by atoms with Gasteiger partial charge in [-0.05, 0) is 36.6 Å². The summed E-state index contributed by atoms with van der Waals surface area (Å²) in [6.45, 7) is 0.643. The van der Waals surface area contributed by atoms with Crippen LogP contribution in [0.4, 0.5) is 4.39 Å². The van der Waals surface area contributed by atoms with E-state index in [-0.39, 0.29) is 29.4 Å². The maximum absolute atomic E-state index is 13.2. The van der Waals surface area contributed by atoms with Crippen LogP contribution in [0, 0.1) is 5.82 Å². The number of hydrogen-bond acceptors (Lipinski definition) is 3. The number of halogens is 1. The first-order chi connectivity index (χ1) is 11.5. The normalized spacial score (nSPS) is 18.3. The number of aromatic nitrogens is 1. The van der Waals surface area contributed by atoms with Crippen LogP contribution in [0.25, 0.3) is 0 Å². The number of carbonyl (C=O) groups excluding carboxylic acids is 1. The van der Waals surface area contributed by atoms with E-state index in [2.05, 4.69) is 5.32 Å². The average molecular weight is 330 g/mol. The molecule has 1 fully saturated rings. The van der Waals surface area contributed by atoms with Gasteiger partial charge in [0.25, 0.3) is 11.5 Å². The molecule has 0 spiro atoms. The van der Waals surface area contributed by atoms with E-state index in [1.165, 1.54) is 22.8 Å². The molecule has 1 aliphatic heterocycles. The van der Waals surface area contributed by atoms with Gasteiger partial charge in [-0.15, -0.1) is 0 Å². The largest absolute Gasteiger partial charge is 0.376 e. The van der Waals surface area contributed by atoms with Crippen LogP contribution in [0.1, 0.15) is 34.8 Å². The van der Waals surface area contributed by atoms with Crippen molar-refractivity contribution >= 4 is 5.91 Å². The fourth-order valence-electron chi connectivity index (χ4n) is 2.84. The Morgan fingerprint density at radius 1 is 1.33 bits per heavy atom. The Bertz CT molecular complexity index is 780. The van der Waals surface area contributed by atoms with Gasteiger partial charge in [0, 0.05) is 31.5 Å². The van der Waals surface area contributed by atoms with Gasteiger partial charge < -0.3 is 14.6 Å². The van der Waals surface area contributed by atoms with Gasteiger partial charge in [-0.25, -0.2) is 4.39 Å². The van der Waals surface area contributed by atoms with Crippen LogP contribution in [-0.2, 0) is 11.8 Å². The molecule has 0 unspecified atom stereocenters. The zero-order valence-electron chi connectivity index (χ0n) is 13.4. The molecule has 0 saturated carbocycles. The topological polar surface area (TPSA) is 60.3 Å². The van der Waals surface area contributed by atoms with Crippen LogP contribution in [0.5, 0.6) is 0 Å². The fraction of sp³-hybridized carbons (Fsp3) is 0.333. The third-order valence-electron chi connectivity index (χ3n) is 4.22. The molecule has 2 atom stereocenters. The zero-order chi connectivity index (χ0) is 17.1. The maximum Gasteiger partial charge on any atom is 0.252 e. The lowest BCUT2D eigenvalue weighted by atomic mass is 9.98. The lowest BCUT2D eigenvalue weighted by Crippen LogP contribution is -2.36. The zero-order valence-corrected chi connectivity index (χ0v) is 13.4. The summed E-state index contributed by atoms with van der Waals surface area (Å²) in [5, 5.41) is 2.92. The lowest BCUT2D eigenvalue weighted by Gasteiger charge is -2.25. The predicted octanol–water partition coefficient (Wildman–Crippen LogP) is 2.17. The number of rotatable bonds is 4. The molecule has 0 radical (unpaired) electrons. The molecule has 1 amide bonds. The van der Waals surface area contributed by atoms with Crippen LogP contribution >= 0.6 is 0 Å². The third-order valence-corrected chi connectivity index (χ3v) is 4.22. The minimum Gasteiger partial charge on any atom is -0.376 e. The summed E-state index contributed by atoms with van der Waals surface area (Å²) in [6, 6.07) is 8.52. The van der Waals surface area contributed by atoms with Crippen molar-refractivity contribution in [2.24, 2.45) is 7.05 Å². The smallest absolute Gasteiger partial charge is 0.252 e. The second kappa shape index (κ2) is 6.97. The number of amides is 1. The van der Waals surface area contributed by atoms with E-state index in [4.69, 9.17) is 4.74 Å². The van der Waals surface area contributed by atoms with E-state index >= 15 is 0 Å². The number of nitrogens with zero attached hydrogens (tertiary/aromatic N) is 1. The van der Waals surface area contributed by atoms with Crippen molar-refractivity contribution in [3.63, 3.8) is 0 Å². The number of pyridine rings is 1. The van der Waals surface area contributed by atoms with Crippen molar-refractivity contribution < 1.29 is 13.9 Å². The van der Waals surface area contributed by atoms with Crippen LogP contribution in [0.15, 0.2) is 47.4 Å². The van der Waals surface area contributed by atoms with Gasteiger partial charge >= 0.3 is 0 Å². The summed E-state index contributed by atoms with van der Waals surface area (Å²) in [6.07, 6.45) is 3.13. The Morgan fingerprint density at radius 2 is 2.08 bits per heavy atom. The minimum absolute atomic E-state index is 0.161. The summed E-state index contributed by atoms with van der Waals surface area (Å²) < 4.78 is 20.3. The van der Waals surface area contributed by atoms with Gasteiger partial charge in [0.2, 0.25) is 0 Å². The monoisotopic (exact) mass is 330 g/mol. The molecule has 2 aromatic rings. The van der Waals surface area contributed by atoms with Crippen LogP contribution in [0.3, 0.4) is 0 Å². The number of carbonyl (C=O) groups is 1. The highest BCUT2D eigenvalue weighted by molar-refractivity contribution is 5.94. The number of benzene rings is 1. The molecule has 1 aliphatic rings. The number of aryl methyl sites for hydroxylation is 1. The molecule has 1 aromatic heterocycles. The second-order valence-electron chi connectivity index (χ2n) is 5.92. The first kappa shape index (κ1) is 16.4. The molecule has 5 nitrogen and oxygen atoms in total. The quantitative estimate of drug-likeness (QED) is 0.935. The first-order valence-corrected chi connectivity index (χ1v) is 7.89. The highest BCUT2D eigenvalue weighted by atomic mass is 19.1. The molecule has 1 aromatic carbocycles. The number of ether oxygens (including phenoxy) is 1.